The molecule has 0 aromatic carbocycles. The van der Waals surface area contributed by atoms with Crippen LogP contribution < -0.4 is 5.73 Å². The van der Waals surface area contributed by atoms with E-state index in [-0.39, 0.29) is 0 Å². The van der Waals surface area contributed by atoms with Crippen LogP contribution in [-0.2, 0) is 6.54 Å². The third-order valence-corrected chi connectivity index (χ3v) is 2.40. The Morgan fingerprint density at radius 1 is 1.62 bits per heavy atom. The van der Waals surface area contributed by atoms with Crippen molar-refractivity contribution in [2.45, 2.75) is 32.3 Å². The lowest BCUT2D eigenvalue weighted by Gasteiger charge is -2.05. The number of nitrogens with two attached hydrogens (primary N) is 1. The molecule has 0 atom stereocenters. The van der Waals surface area contributed by atoms with Crippen molar-refractivity contribution in [1.29, 1.82) is 0 Å². The topological polar surface area (TPSA) is 43.8 Å². The van der Waals surface area contributed by atoms with Crippen LogP contribution in [0.3, 0.4) is 0 Å². The lowest BCUT2D eigenvalue weighted by Crippen LogP contribution is -2.08. The highest BCUT2D eigenvalue weighted by molar-refractivity contribution is 7.99. The average Bonchev–Trinajstić information content (AvgIpc) is 2.31. The van der Waals surface area contributed by atoms with E-state index in [1.54, 1.807) is 11.8 Å². The van der Waals surface area contributed by atoms with E-state index in [2.05, 4.69) is 25.9 Å². The van der Waals surface area contributed by atoms with E-state index < -0.39 is 0 Å². The van der Waals surface area contributed by atoms with Gasteiger partial charge in [-0.1, -0.05) is 20.8 Å². The molecule has 0 saturated heterocycles. The van der Waals surface area contributed by atoms with Crippen molar-refractivity contribution >= 4 is 17.6 Å². The monoisotopic (exact) mass is 199 g/mol. The summed E-state index contributed by atoms with van der Waals surface area (Å²) in [5, 5.41) is 5.42. The Morgan fingerprint density at radius 2 is 2.31 bits per heavy atom. The highest BCUT2D eigenvalue weighted by Gasteiger charge is 2.05. The number of nitrogens with zero attached hydrogens (tertiary/aromatic N) is 2. The van der Waals surface area contributed by atoms with Crippen LogP contribution in [0.2, 0.25) is 0 Å². The summed E-state index contributed by atoms with van der Waals surface area (Å²) in [7, 11) is 0. The van der Waals surface area contributed by atoms with Gasteiger partial charge in [0.1, 0.15) is 10.8 Å². The molecule has 0 unspecified atom stereocenters. The second kappa shape index (κ2) is 4.56. The predicted octanol–water partition coefficient (Wildman–Crippen LogP) is 2.23. The van der Waals surface area contributed by atoms with E-state index in [0.717, 1.165) is 23.1 Å². The van der Waals surface area contributed by atoms with Gasteiger partial charge in [0.25, 0.3) is 0 Å². The van der Waals surface area contributed by atoms with Gasteiger partial charge in [-0.3, -0.25) is 0 Å². The minimum Gasteiger partial charge on any atom is -0.384 e. The van der Waals surface area contributed by atoms with Crippen molar-refractivity contribution in [2.75, 3.05) is 11.5 Å². The molecule has 1 aromatic heterocycles. The standard InChI is InChI=1S/C9H17N3S/c1-4-13-9-5-8(10)12(11-9)6-7(2)3/h5,7H,4,6,10H2,1-3H3. The molecule has 0 spiro atoms. The molecule has 0 aliphatic heterocycles. The van der Waals surface area contributed by atoms with Gasteiger partial charge in [0, 0.05) is 12.6 Å². The van der Waals surface area contributed by atoms with Crippen molar-refractivity contribution in [3.8, 4) is 0 Å². The second-order valence-corrected chi connectivity index (χ2v) is 4.70. The van der Waals surface area contributed by atoms with Crippen molar-refractivity contribution < 1.29 is 0 Å². The Labute approximate surface area is 83.7 Å². The fourth-order valence-corrected chi connectivity index (χ4v) is 1.77. The Balaban J connectivity index is 2.71. The summed E-state index contributed by atoms with van der Waals surface area (Å²) in [6, 6.07) is 1.94. The molecule has 1 rings (SSSR count). The summed E-state index contributed by atoms with van der Waals surface area (Å²) in [6.07, 6.45) is 0. The summed E-state index contributed by atoms with van der Waals surface area (Å²) in [4.78, 5) is 0. The largest absolute Gasteiger partial charge is 0.384 e. The number of hydrogen-bond donors (Lipinski definition) is 1. The molecule has 0 amide bonds. The maximum absolute atomic E-state index is 5.81. The zero-order chi connectivity index (χ0) is 9.84. The van der Waals surface area contributed by atoms with Crippen LogP contribution in [0, 0.1) is 5.92 Å². The molecule has 1 heterocycles. The molecule has 0 fully saturated rings. The Hall–Kier alpha value is -0.640. The molecule has 2 N–H and O–H groups in total. The third-order valence-electron chi connectivity index (χ3n) is 1.62. The highest BCUT2D eigenvalue weighted by atomic mass is 32.2. The van der Waals surface area contributed by atoms with E-state index in [0.29, 0.717) is 5.92 Å². The lowest BCUT2D eigenvalue weighted by atomic mass is 10.2. The molecular weight excluding hydrogens is 182 g/mol. The van der Waals surface area contributed by atoms with E-state index in [4.69, 9.17) is 5.73 Å². The fraction of sp³-hybridized carbons (Fsp3) is 0.667. The Bertz CT molecular complexity index is 268. The first-order chi connectivity index (χ1) is 6.13. The summed E-state index contributed by atoms with van der Waals surface area (Å²) in [6.45, 7) is 7.33. The molecule has 3 nitrogen and oxygen atoms in total. The van der Waals surface area contributed by atoms with Crippen LogP contribution >= 0.6 is 11.8 Å². The van der Waals surface area contributed by atoms with Crippen molar-refractivity contribution in [2.24, 2.45) is 5.92 Å². The maximum Gasteiger partial charge on any atom is 0.122 e. The van der Waals surface area contributed by atoms with Crippen LogP contribution in [0.25, 0.3) is 0 Å². The number of aromatic nitrogens is 2. The Kier molecular flexibility index (Phi) is 3.66. The van der Waals surface area contributed by atoms with E-state index in [1.165, 1.54) is 0 Å². The van der Waals surface area contributed by atoms with Gasteiger partial charge in [0.05, 0.1) is 0 Å². The summed E-state index contributed by atoms with van der Waals surface area (Å²) in [5.41, 5.74) is 5.81. The van der Waals surface area contributed by atoms with Gasteiger partial charge in [0.2, 0.25) is 0 Å². The van der Waals surface area contributed by atoms with Crippen LogP contribution in [0.15, 0.2) is 11.1 Å². The minimum atomic E-state index is 0.585. The van der Waals surface area contributed by atoms with Crippen LogP contribution in [0.5, 0.6) is 0 Å². The molecule has 0 saturated carbocycles. The number of thioether (sulfide) groups is 1. The van der Waals surface area contributed by atoms with Gasteiger partial charge < -0.3 is 5.73 Å². The van der Waals surface area contributed by atoms with E-state index >= 15 is 0 Å². The third kappa shape index (κ3) is 2.95. The first-order valence-electron chi connectivity index (χ1n) is 4.59. The molecule has 0 aliphatic carbocycles. The molecular formula is C9H17N3S. The molecule has 0 bridgehead atoms. The smallest absolute Gasteiger partial charge is 0.122 e. The first kappa shape index (κ1) is 10.4. The average molecular weight is 199 g/mol. The SMILES string of the molecule is CCSc1cc(N)n(CC(C)C)n1. The van der Waals surface area contributed by atoms with Gasteiger partial charge in [-0.25, -0.2) is 4.68 Å². The first-order valence-corrected chi connectivity index (χ1v) is 5.58. The van der Waals surface area contributed by atoms with Gasteiger partial charge in [-0.05, 0) is 11.7 Å². The normalized spacial score (nSPS) is 11.1. The number of anilines is 1. The van der Waals surface area contributed by atoms with Crippen LogP contribution in [0.4, 0.5) is 5.82 Å². The number of nitrogen functional groups attached to an aromatic ring is 1. The second-order valence-electron chi connectivity index (χ2n) is 3.42. The van der Waals surface area contributed by atoms with Gasteiger partial charge >= 0.3 is 0 Å². The minimum absolute atomic E-state index is 0.585. The molecule has 0 radical (unpaired) electrons. The summed E-state index contributed by atoms with van der Waals surface area (Å²) < 4.78 is 1.88. The highest BCUT2D eigenvalue weighted by Crippen LogP contribution is 2.19. The quantitative estimate of drug-likeness (QED) is 0.756. The van der Waals surface area contributed by atoms with Crippen molar-refractivity contribution in [3.63, 3.8) is 0 Å². The summed E-state index contributed by atoms with van der Waals surface area (Å²) >= 11 is 1.73. The number of rotatable bonds is 4. The van der Waals surface area contributed by atoms with E-state index in [9.17, 15) is 0 Å². The molecule has 1 aromatic rings. The lowest BCUT2D eigenvalue weighted by molar-refractivity contribution is 0.482. The zero-order valence-electron chi connectivity index (χ0n) is 8.45. The van der Waals surface area contributed by atoms with Crippen LogP contribution in [-0.4, -0.2) is 15.5 Å². The van der Waals surface area contributed by atoms with Gasteiger partial charge in [0.15, 0.2) is 0 Å². The van der Waals surface area contributed by atoms with Crippen molar-refractivity contribution in [3.05, 3.63) is 6.07 Å². The molecule has 74 valence electrons. The fourth-order valence-electron chi connectivity index (χ4n) is 1.12. The summed E-state index contributed by atoms with van der Waals surface area (Å²) in [5.74, 6) is 2.39. The molecule has 13 heavy (non-hydrogen) atoms. The van der Waals surface area contributed by atoms with Gasteiger partial charge in [-0.2, -0.15) is 5.10 Å². The molecule has 0 aliphatic rings. The maximum atomic E-state index is 5.81. The molecule has 4 heteroatoms. The van der Waals surface area contributed by atoms with Gasteiger partial charge in [-0.15, -0.1) is 11.8 Å². The zero-order valence-corrected chi connectivity index (χ0v) is 9.27. The van der Waals surface area contributed by atoms with Crippen LogP contribution in [0.1, 0.15) is 20.8 Å². The number of hydrogen-bond acceptors (Lipinski definition) is 3. The van der Waals surface area contributed by atoms with E-state index in [1.807, 2.05) is 10.7 Å². The predicted molar refractivity (Wildman–Crippen MR) is 57.9 cm³/mol. The van der Waals surface area contributed by atoms with Crippen molar-refractivity contribution in [1.82, 2.24) is 9.78 Å². The Morgan fingerprint density at radius 3 is 2.85 bits per heavy atom.